The van der Waals surface area contributed by atoms with Crippen LogP contribution in [0.25, 0.3) is 0 Å². The molecule has 3 aromatic rings. The van der Waals surface area contributed by atoms with Crippen LogP contribution in [0.5, 0.6) is 0 Å². The first-order valence-corrected chi connectivity index (χ1v) is 9.36. The van der Waals surface area contributed by atoms with Crippen molar-refractivity contribution in [2.24, 2.45) is 0 Å². The molecule has 0 bridgehead atoms. The maximum atomic E-state index is 15.5. The summed E-state index contributed by atoms with van der Waals surface area (Å²) in [5.41, 5.74) is -0.478. The average Bonchev–Trinajstić information content (AvgIpc) is 2.97. The van der Waals surface area contributed by atoms with E-state index in [4.69, 9.17) is 0 Å². The molecule has 29 heavy (non-hydrogen) atoms. The van der Waals surface area contributed by atoms with E-state index in [0.29, 0.717) is 11.3 Å². The van der Waals surface area contributed by atoms with E-state index in [2.05, 4.69) is 0 Å². The summed E-state index contributed by atoms with van der Waals surface area (Å²) < 4.78 is 15.5. The van der Waals surface area contributed by atoms with Crippen LogP contribution in [0.15, 0.2) is 78.9 Å². The van der Waals surface area contributed by atoms with Gasteiger partial charge in [0.05, 0.1) is 12.2 Å². The van der Waals surface area contributed by atoms with Crippen molar-refractivity contribution in [2.45, 2.75) is 25.2 Å². The van der Waals surface area contributed by atoms with Crippen molar-refractivity contribution < 1.29 is 19.1 Å². The van der Waals surface area contributed by atoms with Crippen molar-refractivity contribution in [1.82, 2.24) is 0 Å². The standard InChI is InChI=1S/C24H20FNO3/c1-16-9-5-6-12-18(16)21(27)22(25)24(29)19-13-7-8-14-20(19)26(23(24)28)15-17-10-3-2-4-11-17/h2-14,22,29H,15H2,1H3/t22-,24-/m1/s1. The third kappa shape index (κ3) is 3.04. The summed E-state index contributed by atoms with van der Waals surface area (Å²) in [4.78, 5) is 27.4. The fourth-order valence-corrected chi connectivity index (χ4v) is 3.81. The fraction of sp³-hybridized carbons (Fsp3) is 0.167. The van der Waals surface area contributed by atoms with Crippen LogP contribution in [0.2, 0.25) is 0 Å². The number of amides is 1. The Kier molecular flexibility index (Phi) is 4.76. The predicted molar refractivity (Wildman–Crippen MR) is 108 cm³/mol. The van der Waals surface area contributed by atoms with Gasteiger partial charge < -0.3 is 10.0 Å². The number of anilines is 1. The molecular weight excluding hydrogens is 369 g/mol. The smallest absolute Gasteiger partial charge is 0.267 e. The summed E-state index contributed by atoms with van der Waals surface area (Å²) in [6.45, 7) is 1.86. The van der Waals surface area contributed by atoms with Gasteiger partial charge in [0.25, 0.3) is 5.91 Å². The van der Waals surface area contributed by atoms with Gasteiger partial charge in [0.2, 0.25) is 17.6 Å². The summed E-state index contributed by atoms with van der Waals surface area (Å²) in [6, 6.07) is 22.3. The number of hydrogen-bond acceptors (Lipinski definition) is 3. The van der Waals surface area contributed by atoms with Gasteiger partial charge in [-0.3, -0.25) is 9.59 Å². The zero-order valence-electron chi connectivity index (χ0n) is 15.9. The van der Waals surface area contributed by atoms with Crippen LogP contribution in [-0.4, -0.2) is 23.0 Å². The van der Waals surface area contributed by atoms with E-state index >= 15 is 4.39 Å². The van der Waals surface area contributed by atoms with Crippen molar-refractivity contribution in [3.8, 4) is 0 Å². The van der Waals surface area contributed by atoms with E-state index in [0.717, 1.165) is 5.56 Å². The van der Waals surface area contributed by atoms with E-state index in [1.165, 1.54) is 17.0 Å². The number of hydrogen-bond donors (Lipinski definition) is 1. The molecule has 4 rings (SSSR count). The molecule has 5 heteroatoms. The third-order valence-electron chi connectivity index (χ3n) is 5.37. The van der Waals surface area contributed by atoms with E-state index in [1.54, 1.807) is 43.3 Å². The van der Waals surface area contributed by atoms with Gasteiger partial charge in [0.1, 0.15) is 0 Å². The fourth-order valence-electron chi connectivity index (χ4n) is 3.81. The number of carbonyl (C=O) groups is 2. The Morgan fingerprint density at radius 2 is 1.62 bits per heavy atom. The summed E-state index contributed by atoms with van der Waals surface area (Å²) in [5.74, 6) is -1.74. The summed E-state index contributed by atoms with van der Waals surface area (Å²) in [5, 5.41) is 11.3. The molecule has 0 saturated heterocycles. The Labute approximate surface area is 168 Å². The molecule has 1 amide bonds. The first kappa shape index (κ1) is 19.0. The van der Waals surface area contributed by atoms with Crippen LogP contribution in [0.1, 0.15) is 27.0 Å². The molecule has 2 atom stereocenters. The quantitative estimate of drug-likeness (QED) is 0.672. The molecule has 1 heterocycles. The van der Waals surface area contributed by atoms with E-state index in [9.17, 15) is 14.7 Å². The lowest BCUT2D eigenvalue weighted by molar-refractivity contribution is -0.141. The molecule has 4 nitrogen and oxygen atoms in total. The highest BCUT2D eigenvalue weighted by atomic mass is 19.1. The Morgan fingerprint density at radius 3 is 2.34 bits per heavy atom. The van der Waals surface area contributed by atoms with Crippen LogP contribution in [0, 0.1) is 6.92 Å². The Hall–Kier alpha value is -3.31. The van der Waals surface area contributed by atoms with Crippen molar-refractivity contribution in [1.29, 1.82) is 0 Å². The van der Waals surface area contributed by atoms with Gasteiger partial charge in [-0.05, 0) is 24.1 Å². The second-order valence-corrected chi connectivity index (χ2v) is 7.20. The van der Waals surface area contributed by atoms with Crippen molar-refractivity contribution in [2.75, 3.05) is 4.90 Å². The third-order valence-corrected chi connectivity index (χ3v) is 5.37. The molecule has 146 valence electrons. The second kappa shape index (κ2) is 7.26. The molecule has 0 radical (unpaired) electrons. The summed E-state index contributed by atoms with van der Waals surface area (Å²) >= 11 is 0. The molecule has 0 spiro atoms. The number of aryl methyl sites for hydroxylation is 1. The Bertz CT molecular complexity index is 1080. The van der Waals surface area contributed by atoms with Gasteiger partial charge in [-0.2, -0.15) is 0 Å². The van der Waals surface area contributed by atoms with Crippen LogP contribution in [0.3, 0.4) is 0 Å². The maximum Gasteiger partial charge on any atom is 0.267 e. The average molecular weight is 389 g/mol. The highest BCUT2D eigenvalue weighted by molar-refractivity contribution is 6.13. The number of halogens is 1. The van der Waals surface area contributed by atoms with Gasteiger partial charge in [-0.15, -0.1) is 0 Å². The SMILES string of the molecule is Cc1ccccc1C(=O)[C@@H](F)[C@@]1(O)C(=O)N(Cc2ccccc2)c2ccccc21. The zero-order chi connectivity index (χ0) is 20.6. The van der Waals surface area contributed by atoms with Gasteiger partial charge in [0, 0.05) is 11.1 Å². The highest BCUT2D eigenvalue weighted by Gasteiger charge is 2.57. The first-order chi connectivity index (χ1) is 13.9. The van der Waals surface area contributed by atoms with E-state index in [1.807, 2.05) is 30.3 Å². The lowest BCUT2D eigenvalue weighted by Crippen LogP contribution is -2.50. The number of ketones is 1. The lowest BCUT2D eigenvalue weighted by atomic mass is 9.85. The molecule has 1 aliphatic heterocycles. The molecule has 0 unspecified atom stereocenters. The first-order valence-electron chi connectivity index (χ1n) is 9.36. The number of Topliss-reactive ketones (excluding diaryl/α,β-unsaturated/α-hetero) is 1. The molecule has 1 N–H and O–H groups in total. The summed E-state index contributed by atoms with van der Waals surface area (Å²) in [7, 11) is 0. The number of fused-ring (bicyclic) bond motifs is 1. The number of benzene rings is 3. The molecule has 1 aliphatic rings. The second-order valence-electron chi connectivity index (χ2n) is 7.20. The van der Waals surface area contributed by atoms with Gasteiger partial charge >= 0.3 is 0 Å². The highest BCUT2D eigenvalue weighted by Crippen LogP contribution is 2.44. The van der Waals surface area contributed by atoms with Crippen LogP contribution < -0.4 is 4.90 Å². The number of para-hydroxylation sites is 1. The van der Waals surface area contributed by atoms with Crippen LogP contribution in [0.4, 0.5) is 10.1 Å². The number of nitrogens with zero attached hydrogens (tertiary/aromatic N) is 1. The predicted octanol–water partition coefficient (Wildman–Crippen LogP) is 3.95. The zero-order valence-corrected chi connectivity index (χ0v) is 15.9. The van der Waals surface area contributed by atoms with Crippen molar-refractivity contribution in [3.05, 3.63) is 101 Å². The van der Waals surface area contributed by atoms with Crippen molar-refractivity contribution >= 4 is 17.4 Å². The van der Waals surface area contributed by atoms with Crippen LogP contribution >= 0.6 is 0 Å². The monoisotopic (exact) mass is 389 g/mol. The minimum absolute atomic E-state index is 0.107. The minimum atomic E-state index is -2.56. The van der Waals surface area contributed by atoms with Gasteiger partial charge in [-0.25, -0.2) is 4.39 Å². The number of aliphatic hydroxyl groups is 1. The molecule has 0 saturated carbocycles. The van der Waals surface area contributed by atoms with Crippen molar-refractivity contribution in [3.63, 3.8) is 0 Å². The number of carbonyl (C=O) groups excluding carboxylic acids is 2. The number of alkyl halides is 1. The maximum absolute atomic E-state index is 15.5. The topological polar surface area (TPSA) is 57.6 Å². The number of rotatable bonds is 5. The minimum Gasteiger partial charge on any atom is -0.373 e. The van der Waals surface area contributed by atoms with Crippen LogP contribution in [-0.2, 0) is 16.9 Å². The lowest BCUT2D eigenvalue weighted by Gasteiger charge is -2.26. The normalized spacial score (nSPS) is 19.1. The largest absolute Gasteiger partial charge is 0.373 e. The van der Waals surface area contributed by atoms with Gasteiger partial charge in [0.15, 0.2) is 0 Å². The molecule has 0 fully saturated rings. The Morgan fingerprint density at radius 1 is 1.00 bits per heavy atom. The molecule has 3 aromatic carbocycles. The molecule has 0 aliphatic carbocycles. The van der Waals surface area contributed by atoms with E-state index in [-0.39, 0.29) is 17.7 Å². The van der Waals surface area contributed by atoms with Gasteiger partial charge in [-0.1, -0.05) is 72.8 Å². The Balaban J connectivity index is 1.75. The summed E-state index contributed by atoms with van der Waals surface area (Å²) in [6.07, 6.45) is -2.42. The molecular formula is C24H20FNO3. The van der Waals surface area contributed by atoms with E-state index < -0.39 is 23.5 Å². The molecule has 0 aromatic heterocycles.